The number of nitrogens with one attached hydrogen (secondary N) is 2. The fourth-order valence-electron chi connectivity index (χ4n) is 2.54. The summed E-state index contributed by atoms with van der Waals surface area (Å²) in [5, 5.41) is 16.3. The molecule has 2 N–H and O–H groups in total. The minimum atomic E-state index is 0. The zero-order chi connectivity index (χ0) is 20.1. The first kappa shape index (κ1) is 27.5. The molecule has 0 atom stereocenters. The van der Waals surface area contributed by atoms with Crippen molar-refractivity contribution in [3.05, 3.63) is 5.82 Å². The van der Waals surface area contributed by atoms with Gasteiger partial charge in [0.1, 0.15) is 5.82 Å². The summed E-state index contributed by atoms with van der Waals surface area (Å²) in [5.74, 6) is 3.15. The number of aliphatic imine (C=N–C) groups is 1. The van der Waals surface area contributed by atoms with Gasteiger partial charge in [-0.25, -0.2) is 0 Å². The molecule has 0 fully saturated rings. The van der Waals surface area contributed by atoms with Gasteiger partial charge in [-0.1, -0.05) is 39.5 Å². The highest BCUT2D eigenvalue weighted by Gasteiger charge is 2.12. The smallest absolute Gasteiger partial charge is 0.191 e. The van der Waals surface area contributed by atoms with Gasteiger partial charge in [0.15, 0.2) is 11.1 Å². The zero-order valence-corrected chi connectivity index (χ0v) is 21.5. The Kier molecular flexibility index (Phi) is 15.9. The van der Waals surface area contributed by atoms with Crippen molar-refractivity contribution in [3.8, 4) is 0 Å². The SMILES string of the molecule is CN=C(NCCCc1nnc(SC)n1CC(C)C)NCCOCCC(C)C.I. The second-order valence-electron chi connectivity index (χ2n) is 7.43. The maximum atomic E-state index is 5.62. The predicted octanol–water partition coefficient (Wildman–Crippen LogP) is 3.43. The van der Waals surface area contributed by atoms with E-state index in [1.165, 1.54) is 0 Å². The summed E-state index contributed by atoms with van der Waals surface area (Å²) < 4.78 is 7.86. The molecule has 0 aliphatic heterocycles. The van der Waals surface area contributed by atoms with E-state index in [9.17, 15) is 0 Å². The summed E-state index contributed by atoms with van der Waals surface area (Å²) in [7, 11) is 1.79. The molecular weight excluding hydrogens is 487 g/mol. The van der Waals surface area contributed by atoms with Crippen LogP contribution >= 0.6 is 35.7 Å². The molecule has 164 valence electrons. The van der Waals surface area contributed by atoms with Gasteiger partial charge in [-0.2, -0.15) is 0 Å². The van der Waals surface area contributed by atoms with E-state index in [0.29, 0.717) is 18.4 Å². The summed E-state index contributed by atoms with van der Waals surface area (Å²) in [6.45, 7) is 12.9. The lowest BCUT2D eigenvalue weighted by Gasteiger charge is -2.13. The third-order valence-electron chi connectivity index (χ3n) is 4.00. The summed E-state index contributed by atoms with van der Waals surface area (Å²) in [6.07, 6.45) is 5.04. The predicted molar refractivity (Wildman–Crippen MR) is 130 cm³/mol. The third-order valence-corrected chi connectivity index (χ3v) is 4.66. The van der Waals surface area contributed by atoms with Crippen LogP contribution in [0.5, 0.6) is 0 Å². The number of aryl methyl sites for hydroxylation is 1. The van der Waals surface area contributed by atoms with Crippen molar-refractivity contribution in [2.75, 3.05) is 39.6 Å². The molecule has 0 aromatic carbocycles. The maximum absolute atomic E-state index is 5.62. The average Bonchev–Trinajstić information content (AvgIpc) is 3.00. The molecule has 1 rings (SSSR count). The van der Waals surface area contributed by atoms with Crippen LogP contribution in [-0.2, 0) is 17.7 Å². The molecule has 1 aromatic heterocycles. The molecule has 1 heterocycles. The Labute approximate surface area is 192 Å². The molecule has 0 saturated heterocycles. The van der Waals surface area contributed by atoms with Crippen molar-refractivity contribution in [1.82, 2.24) is 25.4 Å². The van der Waals surface area contributed by atoms with Crippen LogP contribution in [0.2, 0.25) is 0 Å². The van der Waals surface area contributed by atoms with E-state index in [2.05, 4.69) is 58.1 Å². The van der Waals surface area contributed by atoms with Crippen molar-refractivity contribution < 1.29 is 4.74 Å². The summed E-state index contributed by atoms with van der Waals surface area (Å²) in [4.78, 5) is 4.26. The minimum Gasteiger partial charge on any atom is -0.380 e. The number of aromatic nitrogens is 3. The standard InChI is InChI=1S/C19H38N6OS.HI/c1-15(2)9-12-26-13-11-22-18(20-5)21-10-7-8-17-23-24-19(27-6)25(17)14-16(3)4;/h15-16H,7-14H2,1-6H3,(H2,20,21,22);1H. The van der Waals surface area contributed by atoms with Crippen molar-refractivity contribution in [2.24, 2.45) is 16.8 Å². The molecule has 0 unspecified atom stereocenters. The highest BCUT2D eigenvalue weighted by molar-refractivity contribution is 14.0. The molecule has 0 amide bonds. The number of ether oxygens (including phenoxy) is 1. The minimum absolute atomic E-state index is 0. The monoisotopic (exact) mass is 526 g/mol. The Morgan fingerprint density at radius 3 is 2.43 bits per heavy atom. The van der Waals surface area contributed by atoms with Crippen LogP contribution in [0.25, 0.3) is 0 Å². The Morgan fingerprint density at radius 2 is 1.82 bits per heavy atom. The van der Waals surface area contributed by atoms with Gasteiger partial charge in [-0.3, -0.25) is 4.99 Å². The lowest BCUT2D eigenvalue weighted by molar-refractivity contribution is 0.128. The van der Waals surface area contributed by atoms with Crippen LogP contribution in [0.1, 0.15) is 46.4 Å². The molecule has 0 saturated carbocycles. The molecule has 0 aliphatic rings. The molecule has 0 bridgehead atoms. The van der Waals surface area contributed by atoms with E-state index in [1.807, 2.05) is 6.26 Å². The van der Waals surface area contributed by atoms with E-state index in [-0.39, 0.29) is 24.0 Å². The van der Waals surface area contributed by atoms with Gasteiger partial charge in [0.05, 0.1) is 6.61 Å². The number of hydrogen-bond donors (Lipinski definition) is 2. The number of rotatable bonds is 13. The van der Waals surface area contributed by atoms with Crippen LogP contribution in [0.4, 0.5) is 0 Å². The van der Waals surface area contributed by atoms with Crippen molar-refractivity contribution >= 4 is 41.7 Å². The Bertz CT molecular complexity index is 551. The first-order valence-corrected chi connectivity index (χ1v) is 11.2. The largest absolute Gasteiger partial charge is 0.380 e. The number of nitrogens with zero attached hydrogens (tertiary/aromatic N) is 4. The molecular formula is C19H39IN6OS. The summed E-state index contributed by atoms with van der Waals surface area (Å²) >= 11 is 1.65. The van der Waals surface area contributed by atoms with Gasteiger partial charge in [-0.15, -0.1) is 34.2 Å². The van der Waals surface area contributed by atoms with Crippen LogP contribution < -0.4 is 10.6 Å². The Morgan fingerprint density at radius 1 is 1.11 bits per heavy atom. The normalized spacial score (nSPS) is 11.8. The molecule has 28 heavy (non-hydrogen) atoms. The van der Waals surface area contributed by atoms with E-state index >= 15 is 0 Å². The van der Waals surface area contributed by atoms with Gasteiger partial charge in [-0.05, 0) is 30.9 Å². The topological polar surface area (TPSA) is 76.4 Å². The number of hydrogen-bond acceptors (Lipinski definition) is 5. The molecule has 0 spiro atoms. The quantitative estimate of drug-likeness (QED) is 0.135. The van der Waals surface area contributed by atoms with E-state index in [4.69, 9.17) is 4.74 Å². The van der Waals surface area contributed by atoms with E-state index < -0.39 is 0 Å². The van der Waals surface area contributed by atoms with Gasteiger partial charge in [0.25, 0.3) is 0 Å². The second-order valence-corrected chi connectivity index (χ2v) is 8.20. The van der Waals surface area contributed by atoms with Crippen LogP contribution in [-0.4, -0.2) is 60.3 Å². The highest BCUT2D eigenvalue weighted by atomic mass is 127. The third kappa shape index (κ3) is 11.5. The fourth-order valence-corrected chi connectivity index (χ4v) is 3.06. The van der Waals surface area contributed by atoms with Crippen molar-refractivity contribution in [1.29, 1.82) is 0 Å². The number of guanidine groups is 1. The maximum Gasteiger partial charge on any atom is 0.191 e. The average molecular weight is 527 g/mol. The van der Waals surface area contributed by atoms with Gasteiger partial charge in [0, 0.05) is 39.7 Å². The highest BCUT2D eigenvalue weighted by Crippen LogP contribution is 2.16. The van der Waals surface area contributed by atoms with Crippen LogP contribution in [0, 0.1) is 11.8 Å². The fraction of sp³-hybridized carbons (Fsp3) is 0.842. The Balaban J connectivity index is 0.00000729. The molecule has 0 aliphatic carbocycles. The molecule has 9 heteroatoms. The Hall–Kier alpha value is -0.550. The molecule has 1 aromatic rings. The zero-order valence-electron chi connectivity index (χ0n) is 18.3. The molecule has 0 radical (unpaired) electrons. The second kappa shape index (κ2) is 16.3. The lowest BCUT2D eigenvalue weighted by Crippen LogP contribution is -2.39. The van der Waals surface area contributed by atoms with Crippen molar-refractivity contribution in [2.45, 2.75) is 58.7 Å². The van der Waals surface area contributed by atoms with Crippen molar-refractivity contribution in [3.63, 3.8) is 0 Å². The summed E-state index contributed by atoms with van der Waals surface area (Å²) in [5.41, 5.74) is 0. The lowest BCUT2D eigenvalue weighted by atomic mass is 10.1. The number of thioether (sulfide) groups is 1. The van der Waals surface area contributed by atoms with Crippen LogP contribution in [0.15, 0.2) is 10.1 Å². The van der Waals surface area contributed by atoms with E-state index in [1.54, 1.807) is 18.8 Å². The van der Waals surface area contributed by atoms with Gasteiger partial charge in [0.2, 0.25) is 0 Å². The van der Waals surface area contributed by atoms with Gasteiger partial charge < -0.3 is 19.9 Å². The first-order valence-electron chi connectivity index (χ1n) is 9.96. The molecule has 7 nitrogen and oxygen atoms in total. The van der Waals surface area contributed by atoms with Gasteiger partial charge >= 0.3 is 0 Å². The summed E-state index contributed by atoms with van der Waals surface area (Å²) in [6, 6.07) is 0. The van der Waals surface area contributed by atoms with E-state index in [0.717, 1.165) is 62.4 Å². The first-order chi connectivity index (χ1) is 13.0. The van der Waals surface area contributed by atoms with Crippen LogP contribution in [0.3, 0.4) is 0 Å². The number of halogens is 1.